The van der Waals surface area contributed by atoms with Gasteiger partial charge >= 0.3 is 0 Å². The minimum atomic E-state index is 1.07. The maximum atomic E-state index is 2.36. The van der Waals surface area contributed by atoms with Gasteiger partial charge in [-0.3, -0.25) is 0 Å². The molecule has 0 aliphatic rings. The highest BCUT2D eigenvalue weighted by molar-refractivity contribution is 6.21. The summed E-state index contributed by atoms with van der Waals surface area (Å²) in [6.45, 7) is 0. The number of hydrogen-bond donors (Lipinski definition) is 0. The van der Waals surface area contributed by atoms with Gasteiger partial charge in [0.05, 0.1) is 0 Å². The third kappa shape index (κ3) is 7.73. The maximum absolute atomic E-state index is 2.36. The van der Waals surface area contributed by atoms with Gasteiger partial charge in [-0.05, 0) is 160 Å². The van der Waals surface area contributed by atoms with Crippen LogP contribution in [0, 0.1) is 0 Å². The highest BCUT2D eigenvalue weighted by atomic mass is 15.2. The molecule has 2 nitrogen and oxygen atoms in total. The van der Waals surface area contributed by atoms with Crippen LogP contribution in [0.5, 0.6) is 0 Å². The maximum Gasteiger partial charge on any atom is 0.0463 e. The van der Waals surface area contributed by atoms with E-state index in [9.17, 15) is 0 Å². The van der Waals surface area contributed by atoms with Crippen LogP contribution in [0.25, 0.3) is 87.6 Å². The van der Waals surface area contributed by atoms with Crippen molar-refractivity contribution in [1.29, 1.82) is 0 Å². The summed E-state index contributed by atoms with van der Waals surface area (Å²) < 4.78 is 0. The lowest BCUT2D eigenvalue weighted by molar-refractivity contribution is 1.26. The SMILES string of the molecule is c1ccc(-c2c3ccccc3c(-c3ccc(N(c4ccccc4)c4ccc(N(c5ccc(-c6cccc7ccccc67)cc5)c5ccc(-c6cccc7ccccc67)cc5)cc4)cc3)c3ccccc23)cc1. The predicted octanol–water partition coefficient (Wildman–Crippen LogP) is 19.9. The molecule has 13 aromatic carbocycles. The topological polar surface area (TPSA) is 6.48 Å². The molecule has 0 radical (unpaired) electrons. The van der Waals surface area contributed by atoms with E-state index in [0.717, 1.165) is 34.1 Å². The summed E-state index contributed by atoms with van der Waals surface area (Å²) in [6, 6.07) is 106. The van der Waals surface area contributed by atoms with E-state index in [1.165, 1.54) is 87.6 Å². The van der Waals surface area contributed by atoms with E-state index in [1.54, 1.807) is 0 Å². The van der Waals surface area contributed by atoms with Crippen molar-refractivity contribution in [3.05, 3.63) is 291 Å². The third-order valence-electron chi connectivity index (χ3n) is 14.2. The summed E-state index contributed by atoms with van der Waals surface area (Å²) in [7, 11) is 0. The minimum Gasteiger partial charge on any atom is -0.311 e. The van der Waals surface area contributed by atoms with Crippen molar-refractivity contribution in [2.45, 2.75) is 0 Å². The number of para-hydroxylation sites is 1. The Kier molecular flexibility index (Phi) is 10.9. The molecule has 0 bridgehead atoms. The van der Waals surface area contributed by atoms with Gasteiger partial charge in [-0.1, -0.05) is 218 Å². The predicted molar refractivity (Wildman–Crippen MR) is 308 cm³/mol. The van der Waals surface area contributed by atoms with Crippen molar-refractivity contribution in [2.75, 3.05) is 9.80 Å². The molecular formula is C70H48N2. The summed E-state index contributed by atoms with van der Waals surface area (Å²) in [6.07, 6.45) is 0. The van der Waals surface area contributed by atoms with Gasteiger partial charge in [0.1, 0.15) is 0 Å². The lowest BCUT2D eigenvalue weighted by atomic mass is 9.86. The van der Waals surface area contributed by atoms with Crippen LogP contribution in [0.3, 0.4) is 0 Å². The summed E-state index contributed by atoms with van der Waals surface area (Å²) >= 11 is 0. The normalized spacial score (nSPS) is 11.3. The van der Waals surface area contributed by atoms with Gasteiger partial charge in [-0.25, -0.2) is 0 Å². The molecule has 0 heterocycles. The van der Waals surface area contributed by atoms with Crippen LogP contribution >= 0.6 is 0 Å². The van der Waals surface area contributed by atoms with Crippen LogP contribution in [0.4, 0.5) is 34.1 Å². The standard InChI is InChI=1S/C70H48N2/c1-3-19-53(20-4-1)69-65-27-11-13-29-67(65)70(68-30-14-12-28-66(68)69)54-37-43-58(44-38-54)71(55-23-5-2-6-24-55)59-45-47-60(48-46-59)72(56-39-33-51(34-40-56)63-31-15-21-49-17-7-9-25-61(49)63)57-41-35-52(36-42-57)64-32-16-22-50-18-8-10-26-62(50)64/h1-48H. The van der Waals surface area contributed by atoms with Crippen LogP contribution in [0.2, 0.25) is 0 Å². The van der Waals surface area contributed by atoms with E-state index in [0.29, 0.717) is 0 Å². The number of fused-ring (bicyclic) bond motifs is 4. The van der Waals surface area contributed by atoms with E-state index >= 15 is 0 Å². The monoisotopic (exact) mass is 916 g/mol. The van der Waals surface area contributed by atoms with E-state index < -0.39 is 0 Å². The van der Waals surface area contributed by atoms with Crippen LogP contribution in [0.1, 0.15) is 0 Å². The molecule has 0 spiro atoms. The molecule has 0 amide bonds. The molecule has 0 saturated heterocycles. The van der Waals surface area contributed by atoms with E-state index in [-0.39, 0.29) is 0 Å². The van der Waals surface area contributed by atoms with Crippen LogP contribution in [0.15, 0.2) is 291 Å². The summed E-state index contributed by atoms with van der Waals surface area (Å²) in [5, 5.41) is 9.98. The molecule has 72 heavy (non-hydrogen) atoms. The van der Waals surface area contributed by atoms with E-state index in [1.807, 2.05) is 0 Å². The molecule has 338 valence electrons. The first-order valence-corrected chi connectivity index (χ1v) is 24.7. The van der Waals surface area contributed by atoms with Gasteiger partial charge in [0, 0.05) is 34.1 Å². The highest BCUT2D eigenvalue weighted by Crippen LogP contribution is 2.46. The Bertz CT molecular complexity index is 3860. The molecule has 0 saturated carbocycles. The summed E-state index contributed by atoms with van der Waals surface area (Å²) in [5.74, 6) is 0. The Balaban J connectivity index is 0.890. The number of hydrogen-bond acceptors (Lipinski definition) is 2. The average Bonchev–Trinajstić information content (AvgIpc) is 3.46. The zero-order chi connectivity index (χ0) is 47.8. The summed E-state index contributed by atoms with van der Waals surface area (Å²) in [5.41, 5.74) is 16.2. The molecular weight excluding hydrogens is 869 g/mol. The Labute approximate surface area is 420 Å². The second-order valence-electron chi connectivity index (χ2n) is 18.4. The third-order valence-corrected chi connectivity index (χ3v) is 14.2. The van der Waals surface area contributed by atoms with Gasteiger partial charge in [0.2, 0.25) is 0 Å². The van der Waals surface area contributed by atoms with Crippen LogP contribution < -0.4 is 9.80 Å². The highest BCUT2D eigenvalue weighted by Gasteiger charge is 2.20. The van der Waals surface area contributed by atoms with Crippen LogP contribution in [-0.2, 0) is 0 Å². The fourth-order valence-corrected chi connectivity index (χ4v) is 10.9. The van der Waals surface area contributed by atoms with Gasteiger partial charge < -0.3 is 9.80 Å². The average molecular weight is 917 g/mol. The molecule has 0 atom stereocenters. The molecule has 0 aliphatic heterocycles. The molecule has 0 aromatic heterocycles. The molecule has 13 aromatic rings. The van der Waals surface area contributed by atoms with Crippen LogP contribution in [-0.4, -0.2) is 0 Å². The van der Waals surface area contributed by atoms with Crippen molar-refractivity contribution >= 4 is 77.2 Å². The Morgan fingerprint density at radius 1 is 0.167 bits per heavy atom. The minimum absolute atomic E-state index is 1.07. The summed E-state index contributed by atoms with van der Waals surface area (Å²) in [4.78, 5) is 4.72. The van der Waals surface area contributed by atoms with Gasteiger partial charge in [-0.2, -0.15) is 0 Å². The Morgan fingerprint density at radius 2 is 0.431 bits per heavy atom. The quantitative estimate of drug-likeness (QED) is 0.126. The van der Waals surface area contributed by atoms with Crippen molar-refractivity contribution < 1.29 is 0 Å². The lowest BCUT2D eigenvalue weighted by Gasteiger charge is -2.29. The first-order valence-electron chi connectivity index (χ1n) is 24.7. The van der Waals surface area contributed by atoms with Gasteiger partial charge in [-0.15, -0.1) is 0 Å². The molecule has 2 heteroatoms. The van der Waals surface area contributed by atoms with Gasteiger partial charge in [0.25, 0.3) is 0 Å². The smallest absolute Gasteiger partial charge is 0.0463 e. The molecule has 13 rings (SSSR count). The number of nitrogens with zero attached hydrogens (tertiary/aromatic N) is 2. The molecule has 0 N–H and O–H groups in total. The van der Waals surface area contributed by atoms with Crippen molar-refractivity contribution in [1.82, 2.24) is 0 Å². The number of rotatable bonds is 10. The van der Waals surface area contributed by atoms with Crippen molar-refractivity contribution in [3.8, 4) is 44.5 Å². The Hall–Kier alpha value is -9.50. The largest absolute Gasteiger partial charge is 0.311 e. The van der Waals surface area contributed by atoms with Crippen molar-refractivity contribution in [3.63, 3.8) is 0 Å². The van der Waals surface area contributed by atoms with E-state index in [4.69, 9.17) is 0 Å². The zero-order valence-electron chi connectivity index (χ0n) is 39.6. The van der Waals surface area contributed by atoms with Crippen molar-refractivity contribution in [2.24, 2.45) is 0 Å². The molecule has 0 unspecified atom stereocenters. The lowest BCUT2D eigenvalue weighted by Crippen LogP contribution is -2.12. The zero-order valence-corrected chi connectivity index (χ0v) is 39.6. The second kappa shape index (κ2) is 18.4. The number of anilines is 6. The van der Waals surface area contributed by atoms with E-state index in [2.05, 4.69) is 301 Å². The number of benzene rings is 13. The van der Waals surface area contributed by atoms with Gasteiger partial charge in [0.15, 0.2) is 0 Å². The first kappa shape index (κ1) is 42.6. The molecule has 0 aliphatic carbocycles. The Morgan fingerprint density at radius 3 is 0.819 bits per heavy atom. The fourth-order valence-electron chi connectivity index (χ4n) is 10.9. The molecule has 0 fully saturated rings. The fraction of sp³-hybridized carbons (Fsp3) is 0. The first-order chi connectivity index (χ1) is 35.7. The second-order valence-corrected chi connectivity index (χ2v) is 18.4.